The minimum absolute atomic E-state index is 0.236. The molecule has 0 aliphatic carbocycles. The van der Waals surface area contributed by atoms with Crippen LogP contribution in [-0.2, 0) is 0 Å². The number of rotatable bonds is 5. The largest absolute Gasteiger partial charge is 0.456 e. The molecule has 0 bridgehead atoms. The Morgan fingerprint density at radius 3 is 2.55 bits per heavy atom. The van der Waals surface area contributed by atoms with E-state index in [1.54, 1.807) is 18.2 Å². The molecular formula is C22H19ClN4O2. The molecule has 4 aromatic rings. The van der Waals surface area contributed by atoms with Crippen LogP contribution in [0.1, 0.15) is 30.2 Å². The van der Waals surface area contributed by atoms with E-state index < -0.39 is 0 Å². The van der Waals surface area contributed by atoms with E-state index in [0.29, 0.717) is 27.9 Å². The number of nitrogen functional groups attached to an aromatic ring is 1. The van der Waals surface area contributed by atoms with Gasteiger partial charge in [-0.25, -0.2) is 9.97 Å². The smallest absolute Gasteiger partial charge is 0.150 e. The van der Waals surface area contributed by atoms with E-state index in [0.717, 1.165) is 28.4 Å². The maximum Gasteiger partial charge on any atom is 0.150 e. The molecule has 2 N–H and O–H groups in total. The van der Waals surface area contributed by atoms with E-state index in [4.69, 9.17) is 22.1 Å². The van der Waals surface area contributed by atoms with E-state index in [9.17, 15) is 4.79 Å². The third kappa shape index (κ3) is 3.54. The van der Waals surface area contributed by atoms with Crippen LogP contribution in [0.4, 0.5) is 5.82 Å². The van der Waals surface area contributed by atoms with Crippen LogP contribution in [0.25, 0.3) is 22.2 Å². The zero-order chi connectivity index (χ0) is 20.5. The van der Waals surface area contributed by atoms with E-state index in [-0.39, 0.29) is 6.04 Å². The van der Waals surface area contributed by atoms with Crippen LogP contribution >= 0.6 is 11.6 Å². The highest BCUT2D eigenvalue weighted by molar-refractivity contribution is 6.32. The van der Waals surface area contributed by atoms with Gasteiger partial charge >= 0.3 is 0 Å². The topological polar surface area (TPSA) is 83.0 Å². The van der Waals surface area contributed by atoms with Gasteiger partial charge in [0.15, 0.2) is 0 Å². The molecule has 0 amide bonds. The van der Waals surface area contributed by atoms with Crippen molar-refractivity contribution in [3.05, 3.63) is 65.6 Å². The van der Waals surface area contributed by atoms with Crippen LogP contribution < -0.4 is 10.5 Å². The predicted molar refractivity (Wildman–Crippen MR) is 115 cm³/mol. The van der Waals surface area contributed by atoms with Gasteiger partial charge < -0.3 is 15.0 Å². The van der Waals surface area contributed by atoms with Crippen molar-refractivity contribution in [2.45, 2.75) is 19.9 Å². The summed E-state index contributed by atoms with van der Waals surface area (Å²) in [7, 11) is 0. The molecule has 146 valence electrons. The number of fused-ring (bicyclic) bond motifs is 1. The fraction of sp³-hybridized carbons (Fsp3) is 0.136. The lowest BCUT2D eigenvalue weighted by molar-refractivity contribution is 0.112. The summed E-state index contributed by atoms with van der Waals surface area (Å²) < 4.78 is 7.94. The molecule has 4 rings (SSSR count). The summed E-state index contributed by atoms with van der Waals surface area (Å²) in [6.45, 7) is 4.19. The van der Waals surface area contributed by atoms with Crippen molar-refractivity contribution in [2.75, 3.05) is 5.73 Å². The first kappa shape index (κ1) is 19.0. The summed E-state index contributed by atoms with van der Waals surface area (Å²) >= 11 is 6.19. The summed E-state index contributed by atoms with van der Waals surface area (Å²) in [5.74, 6) is 1.57. The monoisotopic (exact) mass is 406 g/mol. The molecule has 2 aromatic heterocycles. The van der Waals surface area contributed by atoms with Crippen LogP contribution in [0, 0.1) is 0 Å². The number of halogens is 1. The van der Waals surface area contributed by atoms with Gasteiger partial charge in [-0.3, -0.25) is 4.79 Å². The minimum Gasteiger partial charge on any atom is -0.456 e. The average molecular weight is 407 g/mol. The van der Waals surface area contributed by atoms with Crippen molar-refractivity contribution in [1.29, 1.82) is 0 Å². The number of aromatic nitrogens is 3. The Labute approximate surface area is 172 Å². The maximum absolute atomic E-state index is 10.8. The Kier molecular flexibility index (Phi) is 4.94. The number of hydrogen-bond donors (Lipinski definition) is 1. The average Bonchev–Trinajstić information content (AvgIpc) is 3.11. The second-order valence-corrected chi connectivity index (χ2v) is 7.34. The Morgan fingerprint density at radius 2 is 1.90 bits per heavy atom. The molecule has 7 heteroatoms. The molecule has 0 spiro atoms. The zero-order valence-corrected chi connectivity index (χ0v) is 16.7. The summed E-state index contributed by atoms with van der Waals surface area (Å²) in [5.41, 5.74) is 9.40. The summed E-state index contributed by atoms with van der Waals surface area (Å²) in [6.07, 6.45) is 4.27. The van der Waals surface area contributed by atoms with Gasteiger partial charge in [-0.2, -0.15) is 0 Å². The number of benzene rings is 2. The van der Waals surface area contributed by atoms with Crippen molar-refractivity contribution in [3.8, 4) is 22.6 Å². The number of carbonyl (C=O) groups excluding carboxylic acids is 1. The first-order valence-electron chi connectivity index (χ1n) is 9.12. The molecule has 6 nitrogen and oxygen atoms in total. The first-order valence-corrected chi connectivity index (χ1v) is 9.49. The maximum atomic E-state index is 10.8. The summed E-state index contributed by atoms with van der Waals surface area (Å²) in [5, 5.41) is 1.21. The van der Waals surface area contributed by atoms with E-state index >= 15 is 0 Å². The number of ether oxygens (including phenoxy) is 1. The third-order valence-electron chi connectivity index (χ3n) is 4.68. The van der Waals surface area contributed by atoms with Gasteiger partial charge in [0, 0.05) is 23.4 Å². The second kappa shape index (κ2) is 7.56. The second-order valence-electron chi connectivity index (χ2n) is 6.94. The molecule has 0 radical (unpaired) electrons. The van der Waals surface area contributed by atoms with E-state index in [1.165, 1.54) is 6.33 Å². The molecule has 0 saturated heterocycles. The van der Waals surface area contributed by atoms with Crippen LogP contribution in [0.15, 0.2) is 55.0 Å². The van der Waals surface area contributed by atoms with Crippen LogP contribution in [0.3, 0.4) is 0 Å². The molecule has 2 heterocycles. The first-order chi connectivity index (χ1) is 14.0. The fourth-order valence-electron chi connectivity index (χ4n) is 3.22. The van der Waals surface area contributed by atoms with Crippen molar-refractivity contribution >= 4 is 34.7 Å². The Balaban J connectivity index is 1.69. The number of nitrogens with two attached hydrogens (primary N) is 1. The predicted octanol–water partition coefficient (Wildman–Crippen LogP) is 5.52. The van der Waals surface area contributed by atoms with Crippen molar-refractivity contribution in [2.24, 2.45) is 0 Å². The highest BCUT2D eigenvalue weighted by Gasteiger charge is 2.16. The molecule has 0 fully saturated rings. The van der Waals surface area contributed by atoms with Gasteiger partial charge in [-0.15, -0.1) is 0 Å². The number of carbonyl (C=O) groups is 1. The van der Waals surface area contributed by atoms with E-state index in [2.05, 4.69) is 28.4 Å². The lowest BCUT2D eigenvalue weighted by atomic mass is 10.1. The lowest BCUT2D eigenvalue weighted by Crippen LogP contribution is -2.00. The standard InChI is InChI=1S/C22H19ClN4O2/c1-13(2)27-10-17(20-21(24)25-12-26-22(20)27)15-4-6-16(7-5-15)29-19-8-3-14(11-28)9-18(19)23/h3-13H,1-2H3,(H2,24,25,26). The minimum atomic E-state index is 0.236. The Hall–Kier alpha value is -3.38. The van der Waals surface area contributed by atoms with Gasteiger partial charge in [0.1, 0.15) is 35.6 Å². The number of anilines is 1. The summed E-state index contributed by atoms with van der Waals surface area (Å²) in [4.78, 5) is 19.4. The molecule has 0 aliphatic rings. The van der Waals surface area contributed by atoms with Crippen molar-refractivity contribution in [1.82, 2.24) is 14.5 Å². The molecular weight excluding hydrogens is 388 g/mol. The molecule has 0 atom stereocenters. The van der Waals surface area contributed by atoms with E-state index in [1.807, 2.05) is 30.5 Å². The number of hydrogen-bond acceptors (Lipinski definition) is 5. The zero-order valence-electron chi connectivity index (χ0n) is 16.0. The number of aldehydes is 1. The SMILES string of the molecule is CC(C)n1cc(-c2ccc(Oc3ccc(C=O)cc3Cl)cc2)c2c(N)ncnc21. The highest BCUT2D eigenvalue weighted by atomic mass is 35.5. The number of nitrogens with zero attached hydrogens (tertiary/aromatic N) is 3. The van der Waals surface area contributed by atoms with Gasteiger partial charge in [0.25, 0.3) is 0 Å². The molecule has 0 unspecified atom stereocenters. The molecule has 0 saturated carbocycles. The van der Waals surface area contributed by atoms with Crippen LogP contribution in [-0.4, -0.2) is 20.8 Å². The van der Waals surface area contributed by atoms with Gasteiger partial charge in [0.05, 0.1) is 10.4 Å². The Morgan fingerprint density at radius 1 is 1.14 bits per heavy atom. The fourth-order valence-corrected chi connectivity index (χ4v) is 3.45. The van der Waals surface area contributed by atoms with Crippen LogP contribution in [0.2, 0.25) is 5.02 Å². The van der Waals surface area contributed by atoms with Crippen molar-refractivity contribution in [3.63, 3.8) is 0 Å². The Bertz CT molecular complexity index is 1200. The normalized spacial score (nSPS) is 11.2. The third-order valence-corrected chi connectivity index (χ3v) is 4.98. The quantitative estimate of drug-likeness (QED) is 0.441. The van der Waals surface area contributed by atoms with Gasteiger partial charge in [-0.05, 0) is 49.7 Å². The van der Waals surface area contributed by atoms with Gasteiger partial charge in [-0.1, -0.05) is 23.7 Å². The highest BCUT2D eigenvalue weighted by Crippen LogP contribution is 2.36. The summed E-state index contributed by atoms with van der Waals surface area (Å²) in [6, 6.07) is 12.8. The molecule has 2 aromatic carbocycles. The lowest BCUT2D eigenvalue weighted by Gasteiger charge is -2.09. The van der Waals surface area contributed by atoms with Crippen molar-refractivity contribution < 1.29 is 9.53 Å². The molecule has 0 aliphatic heterocycles. The molecule has 29 heavy (non-hydrogen) atoms. The van der Waals surface area contributed by atoms with Gasteiger partial charge in [0.2, 0.25) is 0 Å². The van der Waals surface area contributed by atoms with Crippen LogP contribution in [0.5, 0.6) is 11.5 Å².